The summed E-state index contributed by atoms with van der Waals surface area (Å²) in [7, 11) is 0. The molecule has 3 aromatic rings. The van der Waals surface area contributed by atoms with E-state index in [1.807, 2.05) is 4.98 Å². The Morgan fingerprint density at radius 1 is 1.00 bits per heavy atom. The molecule has 2 aromatic carbocycles. The molecule has 0 spiro atoms. The fourth-order valence-corrected chi connectivity index (χ4v) is 3.71. The van der Waals surface area contributed by atoms with Crippen LogP contribution in [0.3, 0.4) is 0 Å². The van der Waals surface area contributed by atoms with Gasteiger partial charge in [0.1, 0.15) is 12.7 Å². The molecule has 3 atom stereocenters. The number of nitrogens with zero attached hydrogens (tertiary/aromatic N) is 1. The van der Waals surface area contributed by atoms with E-state index < -0.39 is 47.4 Å². The lowest BCUT2D eigenvalue weighted by atomic mass is 10.2. The fourth-order valence-electron chi connectivity index (χ4n) is 3.45. The molecule has 1 saturated heterocycles. The number of hydrogen-bond acceptors (Lipinski definition) is 7. The average Bonchev–Trinajstić information content (AvgIpc) is 3.23. The molecule has 0 saturated carbocycles. The fraction of sp³-hybridized carbons (Fsp3) is 0.217. The molecule has 0 unspecified atom stereocenters. The van der Waals surface area contributed by atoms with Gasteiger partial charge in [-0.05, 0) is 48.5 Å². The molecule has 1 N–H and O–H groups in total. The minimum absolute atomic E-state index is 0.0189. The number of carbonyl (C=O) groups excluding carboxylic acids is 2. The van der Waals surface area contributed by atoms with Crippen molar-refractivity contribution in [1.82, 2.24) is 9.55 Å². The van der Waals surface area contributed by atoms with Gasteiger partial charge in [-0.2, -0.15) is 4.39 Å². The van der Waals surface area contributed by atoms with E-state index >= 15 is 0 Å². The summed E-state index contributed by atoms with van der Waals surface area (Å²) in [6.45, 7) is -0.243. The Hall–Kier alpha value is -3.47. The van der Waals surface area contributed by atoms with Crippen LogP contribution in [0.15, 0.2) is 64.3 Å². The predicted octanol–water partition coefficient (Wildman–Crippen LogP) is 3.35. The van der Waals surface area contributed by atoms with Crippen molar-refractivity contribution < 1.29 is 28.2 Å². The summed E-state index contributed by atoms with van der Waals surface area (Å²) >= 11 is 11.7. The topological polar surface area (TPSA) is 117 Å². The summed E-state index contributed by atoms with van der Waals surface area (Å²) < 4.78 is 31.3. The zero-order valence-corrected chi connectivity index (χ0v) is 19.3. The second kappa shape index (κ2) is 10.4. The molecule has 1 aromatic heterocycles. The number of ether oxygens (including phenoxy) is 3. The Bertz CT molecular complexity index is 1360. The van der Waals surface area contributed by atoms with Crippen LogP contribution in [0.5, 0.6) is 0 Å². The Kier molecular flexibility index (Phi) is 7.34. The molecule has 35 heavy (non-hydrogen) atoms. The van der Waals surface area contributed by atoms with Crippen molar-refractivity contribution in [2.24, 2.45) is 0 Å². The van der Waals surface area contributed by atoms with E-state index in [-0.39, 0.29) is 24.2 Å². The molecule has 1 aliphatic rings. The lowest BCUT2D eigenvalue weighted by Gasteiger charge is -2.21. The molecule has 0 bridgehead atoms. The van der Waals surface area contributed by atoms with Crippen molar-refractivity contribution >= 4 is 35.1 Å². The van der Waals surface area contributed by atoms with Gasteiger partial charge in [-0.1, -0.05) is 23.2 Å². The van der Waals surface area contributed by atoms with Crippen LogP contribution in [0, 0.1) is 5.82 Å². The van der Waals surface area contributed by atoms with Gasteiger partial charge in [-0.3, -0.25) is 14.3 Å². The molecule has 182 valence electrons. The Balaban J connectivity index is 1.53. The number of halogens is 3. The van der Waals surface area contributed by atoms with E-state index in [0.717, 1.165) is 4.57 Å². The molecule has 2 heterocycles. The highest BCUT2D eigenvalue weighted by Crippen LogP contribution is 2.31. The smallest absolute Gasteiger partial charge is 0.338 e. The first-order valence-corrected chi connectivity index (χ1v) is 11.0. The van der Waals surface area contributed by atoms with Gasteiger partial charge in [0.15, 0.2) is 6.23 Å². The van der Waals surface area contributed by atoms with Crippen molar-refractivity contribution in [3.05, 3.63) is 103 Å². The minimum atomic E-state index is -1.29. The van der Waals surface area contributed by atoms with Crippen LogP contribution < -0.4 is 11.2 Å². The lowest BCUT2D eigenvalue weighted by molar-refractivity contribution is -0.0634. The zero-order valence-electron chi connectivity index (χ0n) is 17.8. The third kappa shape index (κ3) is 5.79. The van der Waals surface area contributed by atoms with Gasteiger partial charge in [-0.15, -0.1) is 0 Å². The Labute approximate surface area is 207 Å². The third-order valence-corrected chi connectivity index (χ3v) is 5.67. The van der Waals surface area contributed by atoms with Crippen molar-refractivity contribution in [3.63, 3.8) is 0 Å². The Morgan fingerprint density at radius 3 is 2.17 bits per heavy atom. The van der Waals surface area contributed by atoms with Gasteiger partial charge in [0.25, 0.3) is 5.56 Å². The van der Waals surface area contributed by atoms with Crippen LogP contribution in [0.4, 0.5) is 4.39 Å². The minimum Gasteiger partial charge on any atom is -0.459 e. The average molecular weight is 523 g/mol. The van der Waals surface area contributed by atoms with Gasteiger partial charge >= 0.3 is 17.6 Å². The summed E-state index contributed by atoms with van der Waals surface area (Å²) in [6, 6.07) is 11.9. The number of aromatic amines is 1. The molecule has 1 aliphatic heterocycles. The van der Waals surface area contributed by atoms with Gasteiger partial charge in [0.05, 0.1) is 23.4 Å². The molecule has 1 fully saturated rings. The quantitative estimate of drug-likeness (QED) is 0.493. The number of H-pyrrole nitrogens is 1. The summed E-state index contributed by atoms with van der Waals surface area (Å²) in [6.07, 6.45) is -2.48. The highest BCUT2D eigenvalue weighted by Gasteiger charge is 2.41. The predicted molar refractivity (Wildman–Crippen MR) is 122 cm³/mol. The first-order valence-electron chi connectivity index (χ1n) is 10.3. The number of aromatic nitrogens is 2. The molecular weight excluding hydrogens is 506 g/mol. The molecule has 0 aliphatic carbocycles. The second-order valence-corrected chi connectivity index (χ2v) is 8.46. The normalized spacial score (nSPS) is 19.3. The van der Waals surface area contributed by atoms with Crippen LogP contribution in [-0.4, -0.2) is 40.3 Å². The maximum atomic E-state index is 13.9. The van der Waals surface area contributed by atoms with E-state index in [0.29, 0.717) is 16.2 Å². The van der Waals surface area contributed by atoms with Crippen molar-refractivity contribution in [2.45, 2.75) is 24.9 Å². The number of hydrogen-bond donors (Lipinski definition) is 1. The van der Waals surface area contributed by atoms with Crippen LogP contribution in [0.2, 0.25) is 10.0 Å². The van der Waals surface area contributed by atoms with Crippen molar-refractivity contribution in [1.29, 1.82) is 0 Å². The van der Waals surface area contributed by atoms with Gasteiger partial charge in [-0.25, -0.2) is 14.4 Å². The molecule has 0 amide bonds. The van der Waals surface area contributed by atoms with Gasteiger partial charge < -0.3 is 14.2 Å². The summed E-state index contributed by atoms with van der Waals surface area (Å²) in [5, 5.41) is 0.869. The van der Waals surface area contributed by atoms with E-state index in [1.54, 1.807) is 0 Å². The van der Waals surface area contributed by atoms with Gasteiger partial charge in [0, 0.05) is 16.5 Å². The van der Waals surface area contributed by atoms with Crippen molar-refractivity contribution in [2.75, 3.05) is 6.61 Å². The zero-order chi connectivity index (χ0) is 25.1. The number of esters is 2. The highest BCUT2D eigenvalue weighted by atomic mass is 35.5. The summed E-state index contributed by atoms with van der Waals surface area (Å²) in [5.74, 6) is -2.61. The molecule has 4 rings (SSSR count). The number of benzene rings is 2. The van der Waals surface area contributed by atoms with E-state index in [4.69, 9.17) is 37.4 Å². The van der Waals surface area contributed by atoms with Crippen molar-refractivity contribution in [3.8, 4) is 0 Å². The first kappa shape index (κ1) is 24.6. The standard InChI is InChI=1S/C23H17Cl2FN2O7/c24-14-5-1-12(2-6-14)21(30)33-11-16-9-18(35-22(31)13-3-7-15(25)8-4-13)20(34-16)28-10-17(26)19(29)27-23(28)32/h1-8,10,16,18,20H,9,11H2,(H,27,29,32)/t16-,18+,20+/m0/s1. The monoisotopic (exact) mass is 522 g/mol. The van der Waals surface area contributed by atoms with Gasteiger partial charge in [0.2, 0.25) is 5.82 Å². The van der Waals surface area contributed by atoms with E-state index in [2.05, 4.69) is 0 Å². The Morgan fingerprint density at radius 2 is 1.57 bits per heavy atom. The third-order valence-electron chi connectivity index (χ3n) is 5.16. The maximum absolute atomic E-state index is 13.9. The molecule has 12 heteroatoms. The second-order valence-electron chi connectivity index (χ2n) is 7.58. The summed E-state index contributed by atoms with van der Waals surface area (Å²) in [4.78, 5) is 50.5. The van der Waals surface area contributed by atoms with E-state index in [1.165, 1.54) is 48.5 Å². The highest BCUT2D eigenvalue weighted by molar-refractivity contribution is 6.31. The van der Waals surface area contributed by atoms with Crippen LogP contribution in [0.25, 0.3) is 0 Å². The molecule has 9 nitrogen and oxygen atoms in total. The first-order chi connectivity index (χ1) is 16.7. The largest absolute Gasteiger partial charge is 0.459 e. The molecule has 0 radical (unpaired) electrons. The summed E-state index contributed by atoms with van der Waals surface area (Å²) in [5.41, 5.74) is -1.72. The lowest BCUT2D eigenvalue weighted by Crippen LogP contribution is -2.38. The van der Waals surface area contributed by atoms with Crippen LogP contribution in [0.1, 0.15) is 33.4 Å². The number of nitrogens with one attached hydrogen (secondary N) is 1. The number of rotatable bonds is 6. The number of carbonyl (C=O) groups is 2. The van der Waals surface area contributed by atoms with Crippen LogP contribution >= 0.6 is 23.2 Å². The molecular formula is C23H17Cl2FN2O7. The van der Waals surface area contributed by atoms with Crippen LogP contribution in [-0.2, 0) is 14.2 Å². The SMILES string of the molecule is O=C(OC[C@@H]1C[C@@H](OC(=O)c2ccc(Cl)cc2)[C@H](n2cc(F)c(=O)[nH]c2=O)O1)c1ccc(Cl)cc1. The maximum Gasteiger partial charge on any atom is 0.338 e. The van der Waals surface area contributed by atoms with E-state index in [9.17, 15) is 23.6 Å².